The van der Waals surface area contributed by atoms with E-state index in [2.05, 4.69) is 27.3 Å². The Morgan fingerprint density at radius 2 is 1.96 bits per heavy atom. The quantitative estimate of drug-likeness (QED) is 0.690. The summed E-state index contributed by atoms with van der Waals surface area (Å²) >= 11 is 2.92. The van der Waals surface area contributed by atoms with E-state index in [0.29, 0.717) is 12.2 Å². The third-order valence-corrected chi connectivity index (χ3v) is 5.94. The molecule has 140 valence electrons. The van der Waals surface area contributed by atoms with Crippen LogP contribution in [-0.4, -0.2) is 64.9 Å². The van der Waals surface area contributed by atoms with Gasteiger partial charge in [0.05, 0.1) is 5.75 Å². The number of hydrogen-bond acceptors (Lipinski definition) is 7. The van der Waals surface area contributed by atoms with E-state index in [1.807, 2.05) is 18.7 Å². The van der Waals surface area contributed by atoms with Crippen molar-refractivity contribution in [2.45, 2.75) is 50.4 Å². The Labute approximate surface area is 157 Å². The van der Waals surface area contributed by atoms with E-state index in [0.717, 1.165) is 48.5 Å². The Kier molecular flexibility index (Phi) is 7.95. The zero-order valence-corrected chi connectivity index (χ0v) is 16.8. The molecule has 25 heavy (non-hydrogen) atoms. The fourth-order valence-corrected chi connectivity index (χ4v) is 4.22. The number of rotatable bonds is 8. The molecule has 0 saturated carbocycles. The van der Waals surface area contributed by atoms with Gasteiger partial charge in [0.25, 0.3) is 0 Å². The molecule has 9 heteroatoms. The van der Waals surface area contributed by atoms with Gasteiger partial charge in [0.15, 0.2) is 4.34 Å². The van der Waals surface area contributed by atoms with Crippen LogP contribution in [0.25, 0.3) is 0 Å². The van der Waals surface area contributed by atoms with Gasteiger partial charge in [-0.3, -0.25) is 9.59 Å². The van der Waals surface area contributed by atoms with Gasteiger partial charge in [0.2, 0.25) is 16.9 Å². The second kappa shape index (κ2) is 9.96. The molecule has 1 aliphatic rings. The molecule has 1 fully saturated rings. The first-order valence-electron chi connectivity index (χ1n) is 8.78. The van der Waals surface area contributed by atoms with Crippen molar-refractivity contribution < 1.29 is 9.59 Å². The first-order chi connectivity index (χ1) is 12.0. The highest BCUT2D eigenvalue weighted by Gasteiger charge is 2.23. The molecular formula is C16H27N5O2S2. The Bertz CT molecular complexity index is 571. The Balaban J connectivity index is 1.77. The minimum absolute atomic E-state index is 0.0101. The lowest BCUT2D eigenvalue weighted by atomic mass is 10.2. The van der Waals surface area contributed by atoms with Gasteiger partial charge in [0, 0.05) is 38.6 Å². The highest BCUT2D eigenvalue weighted by molar-refractivity contribution is 8.01. The smallest absolute Gasteiger partial charge is 0.230 e. The van der Waals surface area contributed by atoms with Gasteiger partial charge in [-0.1, -0.05) is 36.4 Å². The maximum Gasteiger partial charge on any atom is 0.230 e. The van der Waals surface area contributed by atoms with Crippen molar-refractivity contribution in [1.82, 2.24) is 20.4 Å². The summed E-state index contributed by atoms with van der Waals surface area (Å²) in [5.74, 6) is 0.620. The minimum Gasteiger partial charge on any atom is -0.353 e. The largest absolute Gasteiger partial charge is 0.353 e. The molecule has 1 aliphatic heterocycles. The van der Waals surface area contributed by atoms with Crippen LogP contribution in [0, 0.1) is 0 Å². The average molecular weight is 386 g/mol. The predicted molar refractivity (Wildman–Crippen MR) is 102 cm³/mol. The summed E-state index contributed by atoms with van der Waals surface area (Å²) in [6.45, 7) is 9.03. The SMILES string of the molecule is CCCCC(=O)N1CCN(c2nnc(SCC(=O)NC(C)C)s2)CC1. The lowest BCUT2D eigenvalue weighted by Crippen LogP contribution is -2.48. The maximum atomic E-state index is 12.1. The Morgan fingerprint density at radius 1 is 1.24 bits per heavy atom. The first kappa shape index (κ1) is 20.0. The van der Waals surface area contributed by atoms with Crippen molar-refractivity contribution in [2.24, 2.45) is 0 Å². The van der Waals surface area contributed by atoms with Crippen LogP contribution in [0.4, 0.5) is 5.13 Å². The standard InChI is InChI=1S/C16H27N5O2S2/c1-4-5-6-14(23)20-7-9-21(10-8-20)15-18-19-16(25-15)24-11-13(22)17-12(2)3/h12H,4-11H2,1-3H3,(H,17,22). The number of thioether (sulfide) groups is 1. The summed E-state index contributed by atoms with van der Waals surface area (Å²) in [5, 5.41) is 12.1. The zero-order chi connectivity index (χ0) is 18.2. The summed E-state index contributed by atoms with van der Waals surface area (Å²) in [4.78, 5) is 27.9. The van der Waals surface area contributed by atoms with Crippen LogP contribution in [-0.2, 0) is 9.59 Å². The first-order valence-corrected chi connectivity index (χ1v) is 10.6. The molecule has 7 nitrogen and oxygen atoms in total. The highest BCUT2D eigenvalue weighted by atomic mass is 32.2. The van der Waals surface area contributed by atoms with E-state index in [1.54, 1.807) is 0 Å². The van der Waals surface area contributed by atoms with Crippen molar-refractivity contribution >= 4 is 40.0 Å². The van der Waals surface area contributed by atoms with Gasteiger partial charge in [-0.15, -0.1) is 10.2 Å². The summed E-state index contributed by atoms with van der Waals surface area (Å²) in [6, 6.07) is 0.148. The van der Waals surface area contributed by atoms with Gasteiger partial charge in [-0.05, 0) is 20.3 Å². The van der Waals surface area contributed by atoms with E-state index >= 15 is 0 Å². The monoisotopic (exact) mass is 385 g/mol. The highest BCUT2D eigenvalue weighted by Crippen LogP contribution is 2.28. The molecule has 0 unspecified atom stereocenters. The molecule has 0 atom stereocenters. The van der Waals surface area contributed by atoms with Crippen LogP contribution in [0.3, 0.4) is 0 Å². The lowest BCUT2D eigenvalue weighted by Gasteiger charge is -2.34. The number of amides is 2. The van der Waals surface area contributed by atoms with Crippen molar-refractivity contribution in [3.63, 3.8) is 0 Å². The maximum absolute atomic E-state index is 12.1. The Hall–Kier alpha value is -1.35. The molecule has 1 N–H and O–H groups in total. The van der Waals surface area contributed by atoms with Gasteiger partial charge in [-0.2, -0.15) is 0 Å². The summed E-state index contributed by atoms with van der Waals surface area (Å²) in [7, 11) is 0. The zero-order valence-electron chi connectivity index (χ0n) is 15.2. The third-order valence-electron chi connectivity index (χ3n) is 3.82. The molecule has 2 amide bonds. The van der Waals surface area contributed by atoms with E-state index < -0.39 is 0 Å². The van der Waals surface area contributed by atoms with E-state index in [1.165, 1.54) is 23.1 Å². The number of nitrogens with one attached hydrogen (secondary N) is 1. The van der Waals surface area contributed by atoms with Crippen LogP contribution in [0.2, 0.25) is 0 Å². The second-order valence-electron chi connectivity index (χ2n) is 6.33. The number of nitrogens with zero attached hydrogens (tertiary/aromatic N) is 4. The summed E-state index contributed by atoms with van der Waals surface area (Å²) in [6.07, 6.45) is 2.65. The predicted octanol–water partition coefficient (Wildman–Crippen LogP) is 1.99. The molecule has 0 aromatic carbocycles. The second-order valence-corrected chi connectivity index (χ2v) is 8.51. The van der Waals surface area contributed by atoms with Crippen LogP contribution >= 0.6 is 23.1 Å². The van der Waals surface area contributed by atoms with Crippen molar-refractivity contribution in [1.29, 1.82) is 0 Å². The fourth-order valence-electron chi connectivity index (χ4n) is 2.51. The molecule has 0 bridgehead atoms. The minimum atomic E-state index is 0.0101. The number of unbranched alkanes of at least 4 members (excludes halogenated alkanes) is 1. The van der Waals surface area contributed by atoms with Crippen molar-refractivity contribution in [2.75, 3.05) is 36.8 Å². The molecule has 0 spiro atoms. The molecule has 1 saturated heterocycles. The van der Waals surface area contributed by atoms with Crippen molar-refractivity contribution in [3.8, 4) is 0 Å². The number of hydrogen-bond donors (Lipinski definition) is 1. The topological polar surface area (TPSA) is 78.4 Å². The van der Waals surface area contributed by atoms with Gasteiger partial charge in [-0.25, -0.2) is 0 Å². The Morgan fingerprint density at radius 3 is 2.60 bits per heavy atom. The van der Waals surface area contributed by atoms with Crippen molar-refractivity contribution in [3.05, 3.63) is 0 Å². The number of aromatic nitrogens is 2. The van der Waals surface area contributed by atoms with Crippen LogP contribution < -0.4 is 10.2 Å². The molecule has 2 heterocycles. The number of anilines is 1. The molecule has 0 radical (unpaired) electrons. The number of piperazine rings is 1. The van der Waals surface area contributed by atoms with Crippen LogP contribution in [0.15, 0.2) is 4.34 Å². The van der Waals surface area contributed by atoms with Crippen LogP contribution in [0.1, 0.15) is 40.0 Å². The average Bonchev–Trinajstić information content (AvgIpc) is 3.06. The summed E-state index contributed by atoms with van der Waals surface area (Å²) < 4.78 is 0.801. The fraction of sp³-hybridized carbons (Fsp3) is 0.750. The molecule has 1 aromatic heterocycles. The van der Waals surface area contributed by atoms with E-state index in [4.69, 9.17) is 0 Å². The third kappa shape index (κ3) is 6.47. The van der Waals surface area contributed by atoms with Gasteiger partial charge in [0.1, 0.15) is 0 Å². The van der Waals surface area contributed by atoms with Gasteiger partial charge >= 0.3 is 0 Å². The lowest BCUT2D eigenvalue weighted by molar-refractivity contribution is -0.131. The van der Waals surface area contributed by atoms with Gasteiger partial charge < -0.3 is 15.1 Å². The number of carbonyl (C=O) groups is 2. The normalized spacial score (nSPS) is 14.9. The van der Waals surface area contributed by atoms with E-state index in [-0.39, 0.29) is 17.9 Å². The molecule has 2 rings (SSSR count). The molecular weight excluding hydrogens is 358 g/mol. The van der Waals surface area contributed by atoms with E-state index in [9.17, 15) is 9.59 Å². The molecule has 1 aromatic rings. The molecule has 0 aliphatic carbocycles. The van der Waals surface area contributed by atoms with Crippen LogP contribution in [0.5, 0.6) is 0 Å². The summed E-state index contributed by atoms with van der Waals surface area (Å²) in [5.41, 5.74) is 0. The number of carbonyl (C=O) groups excluding carboxylic acids is 2.